The van der Waals surface area contributed by atoms with Gasteiger partial charge in [0.1, 0.15) is 5.92 Å². The van der Waals surface area contributed by atoms with E-state index >= 15 is 0 Å². The van der Waals surface area contributed by atoms with Gasteiger partial charge in [-0.3, -0.25) is 25.0 Å². The number of nitrogens with two attached hydrogens (primary N) is 2. The Morgan fingerprint density at radius 2 is 1.82 bits per heavy atom. The molecule has 0 aromatic heterocycles. The van der Waals surface area contributed by atoms with Gasteiger partial charge in [-0.1, -0.05) is 51.9 Å². The van der Waals surface area contributed by atoms with E-state index in [0.717, 1.165) is 25.2 Å². The molecule has 0 spiro atoms. The van der Waals surface area contributed by atoms with Gasteiger partial charge >= 0.3 is 11.9 Å². The van der Waals surface area contributed by atoms with Gasteiger partial charge in [-0.25, -0.2) is 0 Å². The Morgan fingerprint density at radius 1 is 1.06 bits per heavy atom. The molecule has 0 aromatic rings. The van der Waals surface area contributed by atoms with E-state index in [1.165, 1.54) is 64.2 Å². The molecule has 188 valence electrons. The number of carbonyl (C=O) groups is 1. The topological polar surface area (TPSA) is 118 Å². The third-order valence-electron chi connectivity index (χ3n) is 7.54. The van der Waals surface area contributed by atoms with Crippen molar-refractivity contribution >= 4 is 17.9 Å². The van der Waals surface area contributed by atoms with Crippen LogP contribution < -0.4 is 22.1 Å². The summed E-state index contributed by atoms with van der Waals surface area (Å²) in [7, 11) is 0. The van der Waals surface area contributed by atoms with Crippen molar-refractivity contribution in [3.8, 4) is 0 Å². The van der Waals surface area contributed by atoms with E-state index in [-0.39, 0.29) is 29.9 Å². The van der Waals surface area contributed by atoms with Gasteiger partial charge < -0.3 is 16.2 Å². The summed E-state index contributed by atoms with van der Waals surface area (Å²) >= 11 is 0. The Hall–Kier alpha value is -1.99. The lowest BCUT2D eigenvalue weighted by atomic mass is 9.89. The number of esters is 1. The van der Waals surface area contributed by atoms with E-state index in [0.29, 0.717) is 25.2 Å². The Kier molecular flexibility index (Phi) is 10.1. The zero-order valence-electron chi connectivity index (χ0n) is 20.9. The van der Waals surface area contributed by atoms with Gasteiger partial charge in [0.05, 0.1) is 30.8 Å². The van der Waals surface area contributed by atoms with E-state index in [2.05, 4.69) is 34.0 Å². The van der Waals surface area contributed by atoms with Gasteiger partial charge in [0.2, 0.25) is 0 Å². The van der Waals surface area contributed by atoms with Crippen molar-refractivity contribution in [2.75, 3.05) is 13.2 Å². The molecule has 8 nitrogen and oxygen atoms in total. The summed E-state index contributed by atoms with van der Waals surface area (Å²) < 4.78 is 8.13. The Labute approximate surface area is 200 Å². The molecule has 1 fully saturated rings. The first-order valence-corrected chi connectivity index (χ1v) is 13.4. The number of guanidine groups is 2. The van der Waals surface area contributed by atoms with Crippen molar-refractivity contribution < 1.29 is 14.1 Å². The molecular weight excluding hydrogens is 416 g/mol. The minimum absolute atomic E-state index is 0.0685. The summed E-state index contributed by atoms with van der Waals surface area (Å²) in [6.07, 6.45) is 15.7. The predicted molar refractivity (Wildman–Crippen MR) is 133 cm³/mol. The van der Waals surface area contributed by atoms with Crippen molar-refractivity contribution in [1.82, 2.24) is 10.6 Å². The summed E-state index contributed by atoms with van der Waals surface area (Å²) in [5, 5.41) is 7.39. The fourth-order valence-electron chi connectivity index (χ4n) is 5.84. The van der Waals surface area contributed by atoms with Crippen LogP contribution in [0.2, 0.25) is 0 Å². The van der Waals surface area contributed by atoms with Crippen LogP contribution in [0, 0.1) is 5.92 Å². The van der Waals surface area contributed by atoms with Gasteiger partial charge in [0, 0.05) is 13.0 Å². The third kappa shape index (κ3) is 7.24. The van der Waals surface area contributed by atoms with Crippen molar-refractivity contribution in [2.45, 2.75) is 121 Å². The van der Waals surface area contributed by atoms with Gasteiger partial charge in [-0.15, -0.1) is 0 Å². The van der Waals surface area contributed by atoms with Crippen LogP contribution in [0.1, 0.15) is 97.3 Å². The molecule has 3 heterocycles. The highest BCUT2D eigenvalue weighted by Gasteiger charge is 2.52. The van der Waals surface area contributed by atoms with Gasteiger partial charge in [-0.05, 0) is 39.0 Å². The number of ether oxygens (including phenoxy) is 1. The zero-order chi connectivity index (χ0) is 23.6. The largest absolute Gasteiger partial charge is 0.465 e. The van der Waals surface area contributed by atoms with Crippen molar-refractivity contribution in [3.63, 3.8) is 0 Å². The van der Waals surface area contributed by atoms with Crippen LogP contribution >= 0.6 is 0 Å². The number of unbranched alkanes of at least 4 members (excludes halogenated alkanes) is 7. The first-order chi connectivity index (χ1) is 16.0. The fraction of sp³-hybridized carbons (Fsp3) is 0.880. The highest BCUT2D eigenvalue weighted by atomic mass is 16.5. The fourth-order valence-corrected chi connectivity index (χ4v) is 5.84. The van der Waals surface area contributed by atoms with Crippen LogP contribution in [-0.4, -0.2) is 59.8 Å². The second-order valence-corrected chi connectivity index (χ2v) is 10.2. The lowest BCUT2D eigenvalue weighted by molar-refractivity contribution is -0.598. The average molecular weight is 464 g/mol. The maximum absolute atomic E-state index is 13.0. The average Bonchev–Trinajstić information content (AvgIpc) is 3.19. The molecule has 1 saturated heterocycles. The Morgan fingerprint density at radius 3 is 2.58 bits per heavy atom. The number of hydrogen-bond donors (Lipinski definition) is 4. The number of carbonyl (C=O) groups excluding carboxylic acids is 1. The molecule has 0 unspecified atom stereocenters. The third-order valence-corrected chi connectivity index (χ3v) is 7.54. The van der Waals surface area contributed by atoms with Gasteiger partial charge in [-0.2, -0.15) is 0 Å². The lowest BCUT2D eigenvalue weighted by Crippen LogP contribution is -2.66. The normalized spacial score (nSPS) is 28.0. The molecule has 0 radical (unpaired) electrons. The molecule has 5 atom stereocenters. The molecular formula is C25H47N6O2+. The first kappa shape index (κ1) is 25.6. The SMILES string of the molecule is CCCCCCCCC[C@@H]1C[C@@H]2CC[C@H]3[C@H](C(=O)OCCCCN=C(N)N)[C@@H](C)NC(=[N+]23)N1. The van der Waals surface area contributed by atoms with Crippen LogP contribution in [0.5, 0.6) is 0 Å². The number of rotatable bonds is 14. The van der Waals surface area contributed by atoms with Crippen LogP contribution in [-0.2, 0) is 9.53 Å². The highest BCUT2D eigenvalue weighted by molar-refractivity contribution is 5.81. The van der Waals surface area contributed by atoms with E-state index in [1.807, 2.05) is 0 Å². The van der Waals surface area contributed by atoms with Crippen LogP contribution in [0.4, 0.5) is 0 Å². The number of nitrogens with one attached hydrogen (secondary N) is 2. The van der Waals surface area contributed by atoms with Crippen molar-refractivity contribution in [2.24, 2.45) is 22.4 Å². The summed E-state index contributed by atoms with van der Waals surface area (Å²) in [6, 6.07) is 1.39. The second kappa shape index (κ2) is 13.0. The number of nitrogens with zero attached hydrogens (tertiary/aromatic N) is 2. The lowest BCUT2D eigenvalue weighted by Gasteiger charge is -2.38. The minimum atomic E-state index is -0.127. The maximum atomic E-state index is 13.0. The standard InChI is InChI=1S/C25H46N6O2/c1-3-4-5-6-7-8-9-12-19-17-20-13-14-21-22(18(2)29-25(30-19)31(20)21)23(32)33-16-11-10-15-28-24(26)27/h18-22H,3-17H2,1-2H3,(H5,26,27,28,29,30)/p+1/t18-,19-,20+,21+,22-/m1/s1. The molecule has 0 aromatic carbocycles. The summed E-state index contributed by atoms with van der Waals surface area (Å²) in [5.41, 5.74) is 10.7. The predicted octanol–water partition coefficient (Wildman–Crippen LogP) is 2.59. The molecule has 0 aliphatic carbocycles. The summed E-state index contributed by atoms with van der Waals surface area (Å²) in [6.45, 7) is 5.38. The quantitative estimate of drug-likeness (QED) is 0.103. The van der Waals surface area contributed by atoms with Crippen LogP contribution in [0.25, 0.3) is 0 Å². The highest BCUT2D eigenvalue weighted by Crippen LogP contribution is 2.35. The molecule has 0 saturated carbocycles. The van der Waals surface area contributed by atoms with E-state index in [9.17, 15) is 4.79 Å². The smallest absolute Gasteiger partial charge is 0.346 e. The molecule has 0 amide bonds. The molecule has 3 rings (SSSR count). The van der Waals surface area contributed by atoms with E-state index in [1.54, 1.807) is 0 Å². The number of aliphatic imine (C=N–C) groups is 1. The first-order valence-electron chi connectivity index (χ1n) is 13.4. The molecule has 33 heavy (non-hydrogen) atoms. The van der Waals surface area contributed by atoms with E-state index in [4.69, 9.17) is 16.2 Å². The Bertz CT molecular complexity index is 690. The molecule has 3 aliphatic heterocycles. The molecule has 6 N–H and O–H groups in total. The van der Waals surface area contributed by atoms with Crippen LogP contribution in [0.15, 0.2) is 4.99 Å². The Balaban J connectivity index is 1.45. The summed E-state index contributed by atoms with van der Waals surface area (Å²) in [5.74, 6) is 1.05. The maximum Gasteiger partial charge on any atom is 0.346 e. The second-order valence-electron chi connectivity index (χ2n) is 10.2. The molecule has 0 bridgehead atoms. The molecule has 3 aliphatic rings. The minimum Gasteiger partial charge on any atom is -0.465 e. The van der Waals surface area contributed by atoms with Crippen molar-refractivity contribution in [1.29, 1.82) is 0 Å². The monoisotopic (exact) mass is 463 g/mol. The summed E-state index contributed by atoms with van der Waals surface area (Å²) in [4.78, 5) is 16.9. The van der Waals surface area contributed by atoms with Crippen molar-refractivity contribution in [3.05, 3.63) is 0 Å². The zero-order valence-corrected chi connectivity index (χ0v) is 20.9. The van der Waals surface area contributed by atoms with Gasteiger partial charge in [0.15, 0.2) is 5.96 Å². The van der Waals surface area contributed by atoms with Crippen LogP contribution in [0.3, 0.4) is 0 Å². The molecule has 8 heteroatoms. The number of hydrogen-bond acceptors (Lipinski definition) is 5. The van der Waals surface area contributed by atoms with E-state index < -0.39 is 0 Å². The van der Waals surface area contributed by atoms with Gasteiger partial charge in [0.25, 0.3) is 0 Å².